The van der Waals surface area contributed by atoms with E-state index in [9.17, 15) is 9.59 Å². The molecule has 2 heterocycles. The summed E-state index contributed by atoms with van der Waals surface area (Å²) in [6, 6.07) is -0.514. The van der Waals surface area contributed by atoms with Crippen LogP contribution in [0, 0.1) is 0 Å². The summed E-state index contributed by atoms with van der Waals surface area (Å²) < 4.78 is 4.76. The van der Waals surface area contributed by atoms with E-state index in [1.807, 2.05) is 0 Å². The second-order valence-corrected chi connectivity index (χ2v) is 4.05. The maximum absolute atomic E-state index is 11.7. The molecule has 2 unspecified atom stereocenters. The molecule has 2 saturated heterocycles. The highest BCUT2D eigenvalue weighted by atomic mass is 16.5. The Morgan fingerprint density at radius 3 is 2.93 bits per heavy atom. The molecule has 0 saturated carbocycles. The summed E-state index contributed by atoms with van der Waals surface area (Å²) in [6.07, 6.45) is 1.42. The summed E-state index contributed by atoms with van der Waals surface area (Å²) >= 11 is 0. The number of nitrogens with one attached hydrogen (secondary N) is 1. The van der Waals surface area contributed by atoms with Gasteiger partial charge in [-0.15, -0.1) is 0 Å². The van der Waals surface area contributed by atoms with Crippen LogP contribution in [0.15, 0.2) is 0 Å². The maximum atomic E-state index is 11.7. The third kappa shape index (κ3) is 1.28. The van der Waals surface area contributed by atoms with E-state index in [1.54, 1.807) is 0 Å². The number of hydrogen-bond acceptors (Lipinski definition) is 4. The summed E-state index contributed by atoms with van der Waals surface area (Å²) in [5, 5.41) is 3.14. The molecule has 2 atom stereocenters. The molecule has 2 aliphatic rings. The number of carbonyl (C=O) groups excluding carboxylic acids is 2. The molecule has 0 aromatic carbocycles. The number of urea groups is 1. The van der Waals surface area contributed by atoms with Crippen LogP contribution in [0.25, 0.3) is 0 Å². The number of nitrogens with two attached hydrogens (primary N) is 1. The molecule has 3 N–H and O–H groups in total. The number of rotatable bonds is 1. The van der Waals surface area contributed by atoms with Crippen molar-refractivity contribution in [2.45, 2.75) is 24.4 Å². The van der Waals surface area contributed by atoms with E-state index in [4.69, 9.17) is 10.5 Å². The minimum absolute atomic E-state index is 0.0235. The van der Waals surface area contributed by atoms with Crippen molar-refractivity contribution >= 4 is 12.0 Å². The Bertz CT molecular complexity index is 303. The van der Waals surface area contributed by atoms with Crippen LogP contribution in [0.5, 0.6) is 0 Å². The van der Waals surface area contributed by atoms with Gasteiger partial charge in [0.05, 0.1) is 7.11 Å². The van der Waals surface area contributed by atoms with Crippen LogP contribution in [0.2, 0.25) is 0 Å². The van der Waals surface area contributed by atoms with Gasteiger partial charge in [-0.3, -0.25) is 0 Å². The third-order valence-electron chi connectivity index (χ3n) is 3.32. The minimum atomic E-state index is -0.872. The normalized spacial score (nSPS) is 33.9. The van der Waals surface area contributed by atoms with E-state index < -0.39 is 11.6 Å². The highest BCUT2D eigenvalue weighted by Gasteiger charge is 2.56. The zero-order valence-corrected chi connectivity index (χ0v) is 8.66. The number of carbonyl (C=O) groups is 2. The Labute approximate surface area is 87.7 Å². The van der Waals surface area contributed by atoms with E-state index >= 15 is 0 Å². The molecule has 84 valence electrons. The number of fused-ring (bicyclic) bond motifs is 2. The van der Waals surface area contributed by atoms with Crippen LogP contribution in [-0.2, 0) is 9.53 Å². The number of nitrogens with zero attached hydrogens (tertiary/aromatic N) is 1. The molecule has 0 radical (unpaired) electrons. The Balaban J connectivity index is 2.35. The van der Waals surface area contributed by atoms with Crippen molar-refractivity contribution < 1.29 is 14.3 Å². The second kappa shape index (κ2) is 3.37. The Hall–Kier alpha value is -1.30. The van der Waals surface area contributed by atoms with Gasteiger partial charge in [-0.2, -0.15) is 0 Å². The van der Waals surface area contributed by atoms with Gasteiger partial charge in [0.15, 0.2) is 5.54 Å². The zero-order chi connectivity index (χ0) is 11.1. The van der Waals surface area contributed by atoms with Crippen LogP contribution in [0.1, 0.15) is 12.8 Å². The third-order valence-corrected chi connectivity index (χ3v) is 3.32. The van der Waals surface area contributed by atoms with Crippen molar-refractivity contribution in [3.8, 4) is 0 Å². The van der Waals surface area contributed by atoms with Gasteiger partial charge < -0.3 is 20.7 Å². The second-order valence-electron chi connectivity index (χ2n) is 4.05. The highest BCUT2D eigenvalue weighted by molar-refractivity contribution is 5.88. The van der Waals surface area contributed by atoms with E-state index in [0.29, 0.717) is 19.5 Å². The van der Waals surface area contributed by atoms with Gasteiger partial charge in [0.2, 0.25) is 0 Å². The standard InChI is InChI=1S/C9H15N3O3/c1-15-7(13)9-3-2-6(4-11-5-9)12(9)8(10)14/h6,11H,2-5H2,1H3,(H2,10,14). The van der Waals surface area contributed by atoms with Crippen LogP contribution in [0.4, 0.5) is 4.79 Å². The first-order valence-electron chi connectivity index (χ1n) is 5.00. The zero-order valence-electron chi connectivity index (χ0n) is 8.66. The van der Waals surface area contributed by atoms with Crippen LogP contribution < -0.4 is 11.1 Å². The van der Waals surface area contributed by atoms with Gasteiger partial charge in [0.1, 0.15) is 0 Å². The quantitative estimate of drug-likeness (QED) is 0.550. The Morgan fingerprint density at radius 2 is 2.33 bits per heavy atom. The minimum Gasteiger partial charge on any atom is -0.467 e. The molecule has 2 rings (SSSR count). The smallest absolute Gasteiger partial charge is 0.333 e. The van der Waals surface area contributed by atoms with Crippen molar-refractivity contribution in [1.82, 2.24) is 10.2 Å². The van der Waals surface area contributed by atoms with Crippen LogP contribution in [-0.4, -0.2) is 48.7 Å². The van der Waals surface area contributed by atoms with Crippen LogP contribution in [0.3, 0.4) is 0 Å². The monoisotopic (exact) mass is 213 g/mol. The summed E-state index contributed by atoms with van der Waals surface area (Å²) in [5.41, 5.74) is 4.45. The van der Waals surface area contributed by atoms with Crippen LogP contribution >= 0.6 is 0 Å². The number of primary amides is 1. The molecule has 0 aliphatic carbocycles. The predicted molar refractivity (Wildman–Crippen MR) is 52.1 cm³/mol. The molecule has 6 nitrogen and oxygen atoms in total. The Morgan fingerprint density at radius 1 is 1.60 bits per heavy atom. The molecule has 2 bridgehead atoms. The number of hydrogen-bond donors (Lipinski definition) is 2. The molecule has 0 aromatic rings. The van der Waals surface area contributed by atoms with Gasteiger partial charge in [-0.1, -0.05) is 0 Å². The summed E-state index contributed by atoms with van der Waals surface area (Å²) in [4.78, 5) is 24.6. The molecule has 0 spiro atoms. The van der Waals surface area contributed by atoms with Gasteiger partial charge in [0.25, 0.3) is 0 Å². The molecule has 2 amide bonds. The van der Waals surface area contributed by atoms with Gasteiger partial charge in [0, 0.05) is 19.1 Å². The van der Waals surface area contributed by atoms with E-state index in [1.165, 1.54) is 12.0 Å². The highest BCUT2D eigenvalue weighted by Crippen LogP contribution is 2.36. The first-order chi connectivity index (χ1) is 7.12. The lowest BCUT2D eigenvalue weighted by Crippen LogP contribution is -2.67. The molecule has 2 aliphatic heterocycles. The maximum Gasteiger partial charge on any atom is 0.333 e. The summed E-state index contributed by atoms with van der Waals surface area (Å²) in [5.74, 6) is -0.379. The van der Waals surface area contributed by atoms with E-state index in [0.717, 1.165) is 6.42 Å². The summed E-state index contributed by atoms with van der Waals surface area (Å²) in [7, 11) is 1.33. The SMILES string of the molecule is COC(=O)C12CCC(CNC1)N2C(N)=O. The largest absolute Gasteiger partial charge is 0.467 e. The topological polar surface area (TPSA) is 84.7 Å². The first kappa shape index (κ1) is 10.2. The number of piperazine rings is 1. The van der Waals surface area contributed by atoms with Gasteiger partial charge >= 0.3 is 12.0 Å². The lowest BCUT2D eigenvalue weighted by atomic mass is 9.96. The van der Waals surface area contributed by atoms with Gasteiger partial charge in [-0.05, 0) is 12.8 Å². The number of ether oxygens (including phenoxy) is 1. The number of amides is 2. The van der Waals surface area contributed by atoms with Crippen molar-refractivity contribution in [3.63, 3.8) is 0 Å². The molecule has 6 heteroatoms. The fourth-order valence-corrected chi connectivity index (χ4v) is 2.67. The molecule has 15 heavy (non-hydrogen) atoms. The van der Waals surface area contributed by atoms with Crippen molar-refractivity contribution in [2.24, 2.45) is 5.73 Å². The molecular formula is C9H15N3O3. The first-order valence-corrected chi connectivity index (χ1v) is 5.00. The molecule has 0 aromatic heterocycles. The molecule has 2 fully saturated rings. The lowest BCUT2D eigenvalue weighted by Gasteiger charge is -2.41. The van der Waals surface area contributed by atoms with Gasteiger partial charge in [-0.25, -0.2) is 9.59 Å². The van der Waals surface area contributed by atoms with Crippen molar-refractivity contribution in [1.29, 1.82) is 0 Å². The van der Waals surface area contributed by atoms with Crippen molar-refractivity contribution in [3.05, 3.63) is 0 Å². The predicted octanol–water partition coefficient (Wildman–Crippen LogP) is -0.955. The van der Waals surface area contributed by atoms with E-state index in [-0.39, 0.29) is 12.0 Å². The lowest BCUT2D eigenvalue weighted by molar-refractivity contribution is -0.153. The molecular weight excluding hydrogens is 198 g/mol. The average molecular weight is 213 g/mol. The van der Waals surface area contributed by atoms with Crippen molar-refractivity contribution in [2.75, 3.05) is 20.2 Å². The Kier molecular flexibility index (Phi) is 2.30. The fourth-order valence-electron chi connectivity index (χ4n) is 2.67. The average Bonchev–Trinajstić information content (AvgIpc) is 2.46. The summed E-state index contributed by atoms with van der Waals surface area (Å²) in [6.45, 7) is 1.13. The van der Waals surface area contributed by atoms with E-state index in [2.05, 4.69) is 5.32 Å². The number of esters is 1. The fraction of sp³-hybridized carbons (Fsp3) is 0.778. The number of methoxy groups -OCH3 is 1.